The molecule has 2 aromatic carbocycles. The number of fused-ring (bicyclic) bond motifs is 1. The van der Waals surface area contributed by atoms with E-state index in [1.165, 1.54) is 9.60 Å². The molecule has 3 nitrogen and oxygen atoms in total. The predicted octanol–water partition coefficient (Wildman–Crippen LogP) is 4.72. The number of benzene rings is 2. The SMILES string of the molecule is CCCn1c(=NC(=O)CCSc2ccccc2)sc2ccccc21. The van der Waals surface area contributed by atoms with Gasteiger partial charge in [-0.1, -0.05) is 48.6 Å². The molecule has 0 spiro atoms. The fourth-order valence-electron chi connectivity index (χ4n) is 2.48. The highest BCUT2D eigenvalue weighted by Crippen LogP contribution is 2.19. The zero-order chi connectivity index (χ0) is 16.8. The van der Waals surface area contributed by atoms with Crippen LogP contribution in [0.3, 0.4) is 0 Å². The number of rotatable bonds is 6. The van der Waals surface area contributed by atoms with E-state index in [1.54, 1.807) is 23.1 Å². The van der Waals surface area contributed by atoms with Crippen LogP contribution in [-0.4, -0.2) is 16.2 Å². The highest BCUT2D eigenvalue weighted by molar-refractivity contribution is 7.99. The number of para-hydroxylation sites is 1. The number of amides is 1. The standard InChI is InChI=1S/C19H20N2OS2/c1-2-13-21-16-10-6-7-11-17(16)24-19(21)20-18(22)12-14-23-15-8-4-3-5-9-15/h3-11H,2,12-14H2,1H3. The third-order valence-electron chi connectivity index (χ3n) is 3.58. The molecular weight excluding hydrogens is 336 g/mol. The van der Waals surface area contributed by atoms with E-state index in [0.29, 0.717) is 6.42 Å². The number of hydrogen-bond acceptors (Lipinski definition) is 3. The molecule has 0 bridgehead atoms. The Balaban J connectivity index is 1.74. The van der Waals surface area contributed by atoms with Crippen molar-refractivity contribution in [3.63, 3.8) is 0 Å². The molecule has 24 heavy (non-hydrogen) atoms. The van der Waals surface area contributed by atoms with E-state index < -0.39 is 0 Å². The van der Waals surface area contributed by atoms with Gasteiger partial charge in [-0.25, -0.2) is 0 Å². The average Bonchev–Trinajstić information content (AvgIpc) is 2.94. The minimum Gasteiger partial charge on any atom is -0.316 e. The van der Waals surface area contributed by atoms with Crippen LogP contribution in [0.4, 0.5) is 0 Å². The number of nitrogens with zero attached hydrogens (tertiary/aromatic N) is 2. The number of thiazole rings is 1. The van der Waals surface area contributed by atoms with Gasteiger partial charge in [-0.05, 0) is 30.7 Å². The van der Waals surface area contributed by atoms with Gasteiger partial charge in [0.15, 0.2) is 4.80 Å². The Morgan fingerprint density at radius 2 is 1.88 bits per heavy atom. The van der Waals surface area contributed by atoms with Crippen molar-refractivity contribution in [3.05, 3.63) is 59.4 Å². The number of aromatic nitrogens is 1. The van der Waals surface area contributed by atoms with Crippen LogP contribution in [0.15, 0.2) is 64.5 Å². The summed E-state index contributed by atoms with van der Waals surface area (Å²) in [5.74, 6) is 0.709. The molecule has 1 heterocycles. The molecule has 1 amide bonds. The Labute approximate surface area is 150 Å². The molecule has 0 N–H and O–H groups in total. The van der Waals surface area contributed by atoms with Gasteiger partial charge in [0.2, 0.25) is 5.91 Å². The summed E-state index contributed by atoms with van der Waals surface area (Å²) in [6.07, 6.45) is 1.48. The van der Waals surface area contributed by atoms with E-state index in [1.807, 2.05) is 30.3 Å². The van der Waals surface area contributed by atoms with Gasteiger partial charge in [-0.3, -0.25) is 4.79 Å². The lowest BCUT2D eigenvalue weighted by Crippen LogP contribution is -2.16. The van der Waals surface area contributed by atoms with E-state index in [-0.39, 0.29) is 5.91 Å². The monoisotopic (exact) mass is 356 g/mol. The summed E-state index contributed by atoms with van der Waals surface area (Å²) in [5.41, 5.74) is 1.16. The summed E-state index contributed by atoms with van der Waals surface area (Å²) in [6.45, 7) is 3.02. The highest BCUT2D eigenvalue weighted by Gasteiger charge is 2.07. The second-order valence-corrected chi connectivity index (χ2v) is 7.60. The van der Waals surface area contributed by atoms with Gasteiger partial charge in [-0.2, -0.15) is 4.99 Å². The average molecular weight is 357 g/mol. The summed E-state index contributed by atoms with van der Waals surface area (Å²) in [4.78, 5) is 18.6. The normalized spacial score (nSPS) is 12.0. The predicted molar refractivity (Wildman–Crippen MR) is 102 cm³/mol. The number of thioether (sulfide) groups is 1. The first-order valence-electron chi connectivity index (χ1n) is 8.11. The van der Waals surface area contributed by atoms with Crippen LogP contribution in [0.2, 0.25) is 0 Å². The van der Waals surface area contributed by atoms with Gasteiger partial charge in [0.05, 0.1) is 10.2 Å². The molecule has 3 rings (SSSR count). The third-order valence-corrected chi connectivity index (χ3v) is 5.66. The van der Waals surface area contributed by atoms with Crippen LogP contribution < -0.4 is 4.80 Å². The molecule has 0 saturated carbocycles. The van der Waals surface area contributed by atoms with Crippen LogP contribution in [0.1, 0.15) is 19.8 Å². The molecule has 5 heteroatoms. The van der Waals surface area contributed by atoms with Crippen molar-refractivity contribution >= 4 is 39.2 Å². The first kappa shape index (κ1) is 17.0. The summed E-state index contributed by atoms with van der Waals surface area (Å²) in [7, 11) is 0. The molecule has 0 aliphatic heterocycles. The lowest BCUT2D eigenvalue weighted by molar-refractivity contribution is -0.117. The quantitative estimate of drug-likeness (QED) is 0.599. The highest BCUT2D eigenvalue weighted by atomic mass is 32.2. The van der Waals surface area contributed by atoms with Gasteiger partial charge in [0, 0.05) is 23.6 Å². The van der Waals surface area contributed by atoms with Crippen molar-refractivity contribution in [2.75, 3.05) is 5.75 Å². The molecule has 124 valence electrons. The van der Waals surface area contributed by atoms with Crippen molar-refractivity contribution in [2.45, 2.75) is 31.2 Å². The second kappa shape index (κ2) is 8.31. The molecule has 0 fully saturated rings. The van der Waals surface area contributed by atoms with Crippen LogP contribution in [0, 0.1) is 0 Å². The largest absolute Gasteiger partial charge is 0.316 e. The summed E-state index contributed by atoms with van der Waals surface area (Å²) < 4.78 is 3.33. The molecule has 0 aliphatic rings. The molecule has 0 atom stereocenters. The lowest BCUT2D eigenvalue weighted by atomic mass is 10.3. The molecule has 0 aliphatic carbocycles. The minimum absolute atomic E-state index is 0.0464. The topological polar surface area (TPSA) is 34.4 Å². The van der Waals surface area contributed by atoms with Crippen molar-refractivity contribution in [3.8, 4) is 0 Å². The van der Waals surface area contributed by atoms with Gasteiger partial charge >= 0.3 is 0 Å². The first-order valence-corrected chi connectivity index (χ1v) is 9.92. The number of carbonyl (C=O) groups is 1. The molecular formula is C19H20N2OS2. The third kappa shape index (κ3) is 4.16. The maximum atomic E-state index is 12.2. The summed E-state index contributed by atoms with van der Waals surface area (Å²) in [6, 6.07) is 18.4. The van der Waals surface area contributed by atoms with E-state index in [0.717, 1.165) is 29.0 Å². The molecule has 0 radical (unpaired) electrons. The Bertz CT molecular complexity index is 881. The fraction of sp³-hybridized carbons (Fsp3) is 0.263. The van der Waals surface area contributed by atoms with Crippen molar-refractivity contribution in [1.29, 1.82) is 0 Å². The van der Waals surface area contributed by atoms with Gasteiger partial charge in [0.1, 0.15) is 0 Å². The fourth-order valence-corrected chi connectivity index (χ4v) is 4.42. The van der Waals surface area contributed by atoms with Crippen LogP contribution >= 0.6 is 23.1 Å². The minimum atomic E-state index is -0.0464. The number of hydrogen-bond donors (Lipinski definition) is 0. The van der Waals surface area contributed by atoms with E-state index in [2.05, 4.69) is 40.7 Å². The van der Waals surface area contributed by atoms with Crippen molar-refractivity contribution < 1.29 is 4.79 Å². The summed E-state index contributed by atoms with van der Waals surface area (Å²) in [5, 5.41) is 0. The van der Waals surface area contributed by atoms with Gasteiger partial charge in [-0.15, -0.1) is 11.8 Å². The van der Waals surface area contributed by atoms with Gasteiger partial charge < -0.3 is 4.57 Å². The number of aryl methyl sites for hydroxylation is 1. The van der Waals surface area contributed by atoms with Crippen molar-refractivity contribution in [2.24, 2.45) is 4.99 Å². The Morgan fingerprint density at radius 3 is 2.67 bits per heavy atom. The lowest BCUT2D eigenvalue weighted by Gasteiger charge is -2.02. The van der Waals surface area contributed by atoms with Crippen LogP contribution in [-0.2, 0) is 11.3 Å². The van der Waals surface area contributed by atoms with Crippen LogP contribution in [0.25, 0.3) is 10.2 Å². The Hall–Kier alpha value is -1.85. The molecule has 3 aromatic rings. The Kier molecular flexibility index (Phi) is 5.88. The Morgan fingerprint density at radius 1 is 1.12 bits per heavy atom. The maximum absolute atomic E-state index is 12.2. The van der Waals surface area contributed by atoms with Gasteiger partial charge in [0.25, 0.3) is 0 Å². The van der Waals surface area contributed by atoms with E-state index >= 15 is 0 Å². The van der Waals surface area contributed by atoms with E-state index in [4.69, 9.17) is 0 Å². The number of carbonyl (C=O) groups excluding carboxylic acids is 1. The summed E-state index contributed by atoms with van der Waals surface area (Å²) >= 11 is 3.29. The van der Waals surface area contributed by atoms with Crippen molar-refractivity contribution in [1.82, 2.24) is 4.57 Å². The molecule has 0 saturated heterocycles. The maximum Gasteiger partial charge on any atom is 0.249 e. The molecule has 1 aromatic heterocycles. The zero-order valence-electron chi connectivity index (χ0n) is 13.6. The first-order chi connectivity index (χ1) is 11.8. The second-order valence-electron chi connectivity index (χ2n) is 5.42. The van der Waals surface area contributed by atoms with E-state index in [9.17, 15) is 4.79 Å². The smallest absolute Gasteiger partial charge is 0.249 e. The molecule has 0 unspecified atom stereocenters. The van der Waals surface area contributed by atoms with Crippen LogP contribution in [0.5, 0.6) is 0 Å². The zero-order valence-corrected chi connectivity index (χ0v) is 15.3.